The monoisotopic (exact) mass is 366 g/mol. The van der Waals surface area contributed by atoms with Crippen molar-refractivity contribution in [1.82, 2.24) is 4.90 Å². The number of rotatable bonds is 6. The number of carbonyl (C=O) groups is 1. The fourth-order valence-electron chi connectivity index (χ4n) is 3.30. The fraction of sp³-hybridized carbons (Fsp3) is 0.611. The summed E-state index contributed by atoms with van der Waals surface area (Å²) in [5.41, 5.74) is 0.872. The molecule has 1 aromatic rings. The van der Waals surface area contributed by atoms with Gasteiger partial charge in [0, 0.05) is 43.6 Å². The third kappa shape index (κ3) is 4.76. The van der Waals surface area contributed by atoms with Gasteiger partial charge < -0.3 is 14.9 Å². The van der Waals surface area contributed by atoms with Crippen LogP contribution in [-0.4, -0.2) is 53.1 Å². The molecule has 0 radical (unpaired) electrons. The van der Waals surface area contributed by atoms with E-state index in [9.17, 15) is 9.90 Å². The minimum absolute atomic E-state index is 0.292. The largest absolute Gasteiger partial charge is 0.506 e. The molecule has 2 aliphatic heterocycles. The van der Waals surface area contributed by atoms with Crippen molar-refractivity contribution in [2.24, 2.45) is 0 Å². The molecule has 1 unspecified atom stereocenters. The molecule has 1 amide bonds. The van der Waals surface area contributed by atoms with E-state index in [0.29, 0.717) is 18.1 Å². The summed E-state index contributed by atoms with van der Waals surface area (Å²) in [5.74, 6) is 1.90. The van der Waals surface area contributed by atoms with Gasteiger partial charge in [0.2, 0.25) is 5.91 Å². The molecular formula is C18H26N2O2S2. The zero-order valence-electron chi connectivity index (χ0n) is 14.0. The molecule has 132 valence electrons. The number of aromatic hydroxyl groups is 1. The van der Waals surface area contributed by atoms with E-state index < -0.39 is 0 Å². The summed E-state index contributed by atoms with van der Waals surface area (Å²) in [5, 5.41) is 10.8. The van der Waals surface area contributed by atoms with Gasteiger partial charge >= 0.3 is 0 Å². The highest BCUT2D eigenvalue weighted by molar-refractivity contribution is 8.77. The van der Waals surface area contributed by atoms with E-state index in [-0.39, 0.29) is 0 Å². The lowest BCUT2D eigenvalue weighted by molar-refractivity contribution is -0.131. The molecule has 1 atom stereocenters. The van der Waals surface area contributed by atoms with E-state index in [0.717, 1.165) is 43.5 Å². The number of benzene rings is 1. The fourth-order valence-corrected chi connectivity index (χ4v) is 6.33. The number of unbranched alkanes of at least 4 members (excludes halogenated alkanes) is 1. The van der Waals surface area contributed by atoms with Gasteiger partial charge in [-0.2, -0.15) is 0 Å². The number of phenols is 1. The normalized spacial score (nSPS) is 21.2. The van der Waals surface area contributed by atoms with Crippen LogP contribution in [0.2, 0.25) is 0 Å². The SMILES string of the molecule is O=C(CCCCC1CCSS1)N1CCN(c2ccccc2O)CC1. The summed E-state index contributed by atoms with van der Waals surface area (Å²) in [4.78, 5) is 16.5. The van der Waals surface area contributed by atoms with E-state index in [2.05, 4.69) is 4.90 Å². The second kappa shape index (κ2) is 8.90. The van der Waals surface area contributed by atoms with Gasteiger partial charge in [-0.15, -0.1) is 0 Å². The topological polar surface area (TPSA) is 43.8 Å². The Hall–Kier alpha value is -1.01. The molecule has 0 bridgehead atoms. The van der Waals surface area contributed by atoms with Crippen LogP contribution in [0.3, 0.4) is 0 Å². The highest BCUT2D eigenvalue weighted by Gasteiger charge is 2.22. The number of phenolic OH excluding ortho intramolecular Hbond substituents is 1. The Morgan fingerprint density at radius 1 is 1.17 bits per heavy atom. The van der Waals surface area contributed by atoms with Crippen LogP contribution < -0.4 is 4.90 Å². The molecule has 3 rings (SSSR count). The summed E-state index contributed by atoms with van der Waals surface area (Å²) in [7, 11) is 4.01. The first kappa shape index (κ1) is 17.8. The molecule has 0 spiro atoms. The molecule has 4 nitrogen and oxygen atoms in total. The molecule has 1 aromatic carbocycles. The van der Waals surface area contributed by atoms with Crippen LogP contribution in [0.15, 0.2) is 24.3 Å². The summed E-state index contributed by atoms with van der Waals surface area (Å²) < 4.78 is 0. The minimum atomic E-state index is 0.292. The first-order valence-corrected chi connectivity index (χ1v) is 11.2. The second-order valence-electron chi connectivity index (χ2n) is 6.43. The second-order valence-corrected chi connectivity index (χ2v) is 9.22. The Labute approximate surface area is 152 Å². The van der Waals surface area contributed by atoms with E-state index in [1.54, 1.807) is 6.07 Å². The number of piperazine rings is 1. The molecule has 0 saturated carbocycles. The summed E-state index contributed by atoms with van der Waals surface area (Å²) in [6, 6.07) is 7.43. The van der Waals surface area contributed by atoms with Gasteiger partial charge in [0.05, 0.1) is 5.69 Å². The Morgan fingerprint density at radius 2 is 1.96 bits per heavy atom. The highest BCUT2D eigenvalue weighted by atomic mass is 33.1. The maximum atomic E-state index is 12.4. The number of anilines is 1. The lowest BCUT2D eigenvalue weighted by atomic mass is 10.1. The van der Waals surface area contributed by atoms with Crippen molar-refractivity contribution in [3.05, 3.63) is 24.3 Å². The van der Waals surface area contributed by atoms with Crippen molar-refractivity contribution >= 4 is 33.2 Å². The standard InChI is InChI=1S/C18H26N2O2S2/c21-17-7-3-2-6-16(17)19-10-12-20(13-11-19)18(22)8-4-1-5-15-9-14-23-24-15/h2-3,6-7,15,21H,1,4-5,8-14H2. The number of carbonyl (C=O) groups excluding carboxylic acids is 1. The lowest BCUT2D eigenvalue weighted by Crippen LogP contribution is -2.48. The number of para-hydroxylation sites is 2. The first-order chi connectivity index (χ1) is 11.7. The molecule has 2 fully saturated rings. The van der Waals surface area contributed by atoms with Gasteiger partial charge in [-0.1, -0.05) is 40.1 Å². The van der Waals surface area contributed by atoms with Gasteiger partial charge in [0.25, 0.3) is 0 Å². The van der Waals surface area contributed by atoms with Crippen LogP contribution in [0.25, 0.3) is 0 Å². The van der Waals surface area contributed by atoms with Gasteiger partial charge in [0.1, 0.15) is 5.75 Å². The van der Waals surface area contributed by atoms with E-state index in [1.165, 1.54) is 25.0 Å². The third-order valence-corrected chi connectivity index (χ3v) is 7.76. The number of hydrogen-bond acceptors (Lipinski definition) is 5. The quantitative estimate of drug-likeness (QED) is 0.613. The van der Waals surface area contributed by atoms with Crippen molar-refractivity contribution in [3.63, 3.8) is 0 Å². The van der Waals surface area contributed by atoms with Crippen molar-refractivity contribution in [2.45, 2.75) is 37.4 Å². The average Bonchev–Trinajstić information content (AvgIpc) is 3.13. The van der Waals surface area contributed by atoms with Crippen LogP contribution in [0, 0.1) is 0 Å². The lowest BCUT2D eigenvalue weighted by Gasteiger charge is -2.36. The molecule has 0 aliphatic carbocycles. The molecule has 24 heavy (non-hydrogen) atoms. The number of amides is 1. The maximum absolute atomic E-state index is 12.4. The summed E-state index contributed by atoms with van der Waals surface area (Å²) in [6.45, 7) is 3.09. The van der Waals surface area contributed by atoms with E-state index >= 15 is 0 Å². The van der Waals surface area contributed by atoms with Gasteiger partial charge in [0.15, 0.2) is 0 Å². The predicted octanol–water partition coefficient (Wildman–Crippen LogP) is 3.75. The predicted molar refractivity (Wildman–Crippen MR) is 104 cm³/mol. The number of nitrogens with zero attached hydrogens (tertiary/aromatic N) is 2. The maximum Gasteiger partial charge on any atom is 0.222 e. The summed E-state index contributed by atoms with van der Waals surface area (Å²) >= 11 is 0. The Balaban J connectivity index is 1.36. The zero-order valence-corrected chi connectivity index (χ0v) is 15.7. The van der Waals surface area contributed by atoms with Crippen molar-refractivity contribution in [1.29, 1.82) is 0 Å². The third-order valence-electron chi connectivity index (χ3n) is 4.75. The Kier molecular flexibility index (Phi) is 6.60. The Bertz CT molecular complexity index is 542. The number of hydrogen-bond donors (Lipinski definition) is 1. The van der Waals surface area contributed by atoms with Crippen molar-refractivity contribution in [3.8, 4) is 5.75 Å². The molecule has 2 aliphatic rings. The van der Waals surface area contributed by atoms with Gasteiger partial charge in [-0.05, 0) is 31.4 Å². The molecule has 2 heterocycles. The van der Waals surface area contributed by atoms with Crippen LogP contribution >= 0.6 is 21.6 Å². The first-order valence-electron chi connectivity index (χ1n) is 8.83. The van der Waals surface area contributed by atoms with Crippen LogP contribution in [0.1, 0.15) is 32.1 Å². The van der Waals surface area contributed by atoms with Crippen molar-refractivity contribution in [2.75, 3.05) is 36.8 Å². The Morgan fingerprint density at radius 3 is 2.67 bits per heavy atom. The van der Waals surface area contributed by atoms with E-state index in [4.69, 9.17) is 0 Å². The zero-order chi connectivity index (χ0) is 16.8. The molecule has 0 aromatic heterocycles. The summed E-state index contributed by atoms with van der Waals surface area (Å²) in [6.07, 6.45) is 5.45. The molecule has 6 heteroatoms. The van der Waals surface area contributed by atoms with Crippen LogP contribution in [0.5, 0.6) is 5.75 Å². The van der Waals surface area contributed by atoms with Crippen molar-refractivity contribution < 1.29 is 9.90 Å². The molecule has 1 N–H and O–H groups in total. The van der Waals surface area contributed by atoms with Gasteiger partial charge in [-0.25, -0.2) is 0 Å². The molecular weight excluding hydrogens is 340 g/mol. The average molecular weight is 367 g/mol. The van der Waals surface area contributed by atoms with E-state index in [1.807, 2.05) is 44.7 Å². The minimum Gasteiger partial charge on any atom is -0.506 e. The highest BCUT2D eigenvalue weighted by Crippen LogP contribution is 2.39. The van der Waals surface area contributed by atoms with Gasteiger partial charge in [-0.3, -0.25) is 4.79 Å². The smallest absolute Gasteiger partial charge is 0.222 e. The van der Waals surface area contributed by atoms with Crippen LogP contribution in [0.4, 0.5) is 5.69 Å². The molecule has 2 saturated heterocycles. The van der Waals surface area contributed by atoms with Crippen LogP contribution in [-0.2, 0) is 4.79 Å².